The minimum absolute atomic E-state index is 0.121. The zero-order chi connectivity index (χ0) is 29.7. The first-order valence-corrected chi connectivity index (χ1v) is 15.5. The number of carbonyl (C=O) groups is 2. The summed E-state index contributed by atoms with van der Waals surface area (Å²) in [6.07, 6.45) is 4.83. The number of ether oxygens (including phenoxy) is 1. The molecule has 224 valence electrons. The molecule has 0 radical (unpaired) electrons. The van der Waals surface area contributed by atoms with Crippen molar-refractivity contribution in [1.29, 1.82) is 0 Å². The van der Waals surface area contributed by atoms with E-state index in [0.29, 0.717) is 0 Å². The number of likely N-dealkylation sites (N-methyl/N-ethyl adjacent to an activating group) is 1. The normalized spacial score (nSPS) is 20.7. The number of amides is 3. The van der Waals surface area contributed by atoms with Crippen LogP contribution in [0.4, 0.5) is 14.9 Å². The minimum atomic E-state index is -4.06. The molecule has 1 saturated carbocycles. The second kappa shape index (κ2) is 13.1. The standard InChI is InChI=1S/C29H39FN4O6S/c1-19-16-34(20(2)18-35)28(36)25-15-23(32-41(38,39)24-12-9-21(30)10-13-24)11-14-26(25)40-27(19)17-33(3)29(37)31-22-7-5-4-6-8-22/h9-15,19-20,22,27,32,35H,4-8,16-18H2,1-3H3,(H,31,37)/t19-,20+,27-/m0/s1. The molecule has 0 spiro atoms. The quantitative estimate of drug-likeness (QED) is 0.429. The summed E-state index contributed by atoms with van der Waals surface area (Å²) in [4.78, 5) is 29.6. The SMILES string of the molecule is C[C@H](CO)N1C[C@H](C)[C@H](CN(C)C(=O)NC2CCCCC2)Oc2ccc(NS(=O)(=O)c3ccc(F)cc3)cc2C1=O. The number of nitrogens with one attached hydrogen (secondary N) is 2. The van der Waals surface area contributed by atoms with Gasteiger partial charge in [-0.1, -0.05) is 26.2 Å². The highest BCUT2D eigenvalue weighted by Crippen LogP contribution is 2.31. The highest BCUT2D eigenvalue weighted by molar-refractivity contribution is 7.92. The average Bonchev–Trinajstić information content (AvgIpc) is 2.95. The zero-order valence-electron chi connectivity index (χ0n) is 23.7. The van der Waals surface area contributed by atoms with Gasteiger partial charge in [0.15, 0.2) is 0 Å². The van der Waals surface area contributed by atoms with Crippen LogP contribution >= 0.6 is 0 Å². The number of halogens is 1. The van der Waals surface area contributed by atoms with Gasteiger partial charge < -0.3 is 25.0 Å². The molecule has 0 bridgehead atoms. The van der Waals surface area contributed by atoms with Gasteiger partial charge in [0.05, 0.1) is 29.7 Å². The molecule has 0 aromatic heterocycles. The number of aliphatic hydroxyl groups is 1. The zero-order valence-corrected chi connectivity index (χ0v) is 24.5. The van der Waals surface area contributed by atoms with Crippen molar-refractivity contribution < 1.29 is 32.2 Å². The van der Waals surface area contributed by atoms with Crippen LogP contribution in [0, 0.1) is 11.7 Å². The summed E-state index contributed by atoms with van der Waals surface area (Å²) < 4.78 is 47.9. The van der Waals surface area contributed by atoms with Crippen LogP contribution in [0.2, 0.25) is 0 Å². The topological polar surface area (TPSA) is 128 Å². The number of hydrogen-bond acceptors (Lipinski definition) is 6. The summed E-state index contributed by atoms with van der Waals surface area (Å²) >= 11 is 0. The van der Waals surface area contributed by atoms with Crippen molar-refractivity contribution in [3.8, 4) is 5.75 Å². The Morgan fingerprint density at radius 3 is 2.51 bits per heavy atom. The van der Waals surface area contributed by atoms with Crippen LogP contribution in [0.3, 0.4) is 0 Å². The number of sulfonamides is 1. The van der Waals surface area contributed by atoms with Gasteiger partial charge >= 0.3 is 6.03 Å². The molecule has 3 atom stereocenters. The summed E-state index contributed by atoms with van der Waals surface area (Å²) in [5, 5.41) is 13.0. The van der Waals surface area contributed by atoms with E-state index >= 15 is 0 Å². The maximum absolute atomic E-state index is 13.7. The monoisotopic (exact) mass is 590 g/mol. The molecular formula is C29H39FN4O6S. The van der Waals surface area contributed by atoms with Crippen LogP contribution in [0.15, 0.2) is 47.4 Å². The molecule has 1 aliphatic heterocycles. The van der Waals surface area contributed by atoms with E-state index < -0.39 is 33.9 Å². The van der Waals surface area contributed by atoms with Crippen LogP contribution in [0.25, 0.3) is 0 Å². The molecule has 12 heteroatoms. The number of nitrogens with zero attached hydrogens (tertiary/aromatic N) is 2. The van der Waals surface area contributed by atoms with E-state index in [1.165, 1.54) is 24.6 Å². The molecular weight excluding hydrogens is 551 g/mol. The van der Waals surface area contributed by atoms with Crippen LogP contribution < -0.4 is 14.8 Å². The maximum atomic E-state index is 13.7. The van der Waals surface area contributed by atoms with Crippen molar-refractivity contribution >= 4 is 27.6 Å². The number of fused-ring (bicyclic) bond motifs is 1. The molecule has 10 nitrogen and oxygen atoms in total. The second-order valence-corrected chi connectivity index (χ2v) is 12.7. The third-order valence-electron chi connectivity index (χ3n) is 7.77. The van der Waals surface area contributed by atoms with Crippen LogP contribution in [-0.4, -0.2) is 80.2 Å². The molecule has 0 unspecified atom stereocenters. The van der Waals surface area contributed by atoms with E-state index in [9.17, 15) is 27.5 Å². The molecule has 3 N–H and O–H groups in total. The van der Waals surface area contributed by atoms with Crippen molar-refractivity contribution in [2.24, 2.45) is 5.92 Å². The van der Waals surface area contributed by atoms with Crippen molar-refractivity contribution in [3.05, 3.63) is 53.8 Å². The van der Waals surface area contributed by atoms with Crippen LogP contribution in [0.5, 0.6) is 5.75 Å². The van der Waals surface area contributed by atoms with Crippen LogP contribution in [0.1, 0.15) is 56.3 Å². The fourth-order valence-electron chi connectivity index (χ4n) is 5.22. The minimum Gasteiger partial charge on any atom is -0.487 e. The Bertz CT molecular complexity index is 1330. The summed E-state index contributed by atoms with van der Waals surface area (Å²) in [5.74, 6) is -0.931. The Balaban J connectivity index is 1.59. The van der Waals surface area contributed by atoms with Gasteiger partial charge in [0.25, 0.3) is 15.9 Å². The molecule has 2 aliphatic rings. The molecule has 0 saturated heterocycles. The average molecular weight is 591 g/mol. The highest BCUT2D eigenvalue weighted by atomic mass is 32.2. The Kier molecular flexibility index (Phi) is 9.75. The summed E-state index contributed by atoms with van der Waals surface area (Å²) in [5.41, 5.74) is 0.242. The molecule has 1 heterocycles. The van der Waals surface area contributed by atoms with Crippen molar-refractivity contribution in [1.82, 2.24) is 15.1 Å². The lowest BCUT2D eigenvalue weighted by molar-refractivity contribution is 0.0366. The summed E-state index contributed by atoms with van der Waals surface area (Å²) in [7, 11) is -2.35. The predicted molar refractivity (Wildman–Crippen MR) is 153 cm³/mol. The van der Waals surface area contributed by atoms with Crippen LogP contribution in [-0.2, 0) is 10.0 Å². The van der Waals surface area contributed by atoms with Crippen molar-refractivity contribution in [3.63, 3.8) is 0 Å². The van der Waals surface area contributed by atoms with E-state index in [0.717, 1.165) is 49.9 Å². The smallest absolute Gasteiger partial charge is 0.317 e. The fourth-order valence-corrected chi connectivity index (χ4v) is 6.27. The lowest BCUT2D eigenvalue weighted by Crippen LogP contribution is -2.52. The highest BCUT2D eigenvalue weighted by Gasteiger charge is 2.34. The number of urea groups is 1. The summed E-state index contributed by atoms with van der Waals surface area (Å²) in [6, 6.07) is 8.26. The third kappa shape index (κ3) is 7.48. The van der Waals surface area contributed by atoms with Crippen molar-refractivity contribution in [2.75, 3.05) is 31.5 Å². The lowest BCUT2D eigenvalue weighted by Gasteiger charge is -2.38. The van der Waals surface area contributed by atoms with Crippen molar-refractivity contribution in [2.45, 2.75) is 69.0 Å². The molecule has 4 rings (SSSR count). The Morgan fingerprint density at radius 1 is 1.17 bits per heavy atom. The molecule has 1 aliphatic carbocycles. The number of aliphatic hydroxyl groups excluding tert-OH is 1. The van der Waals surface area contributed by atoms with E-state index in [4.69, 9.17) is 4.74 Å². The Labute approximate surface area is 240 Å². The second-order valence-electron chi connectivity index (χ2n) is 11.1. The maximum Gasteiger partial charge on any atom is 0.317 e. The fraction of sp³-hybridized carbons (Fsp3) is 0.517. The number of benzene rings is 2. The number of hydrogen-bond donors (Lipinski definition) is 3. The molecule has 41 heavy (non-hydrogen) atoms. The number of anilines is 1. The van der Waals surface area contributed by atoms with Gasteiger partial charge in [-0.25, -0.2) is 17.6 Å². The number of rotatable bonds is 8. The molecule has 2 aromatic carbocycles. The first-order chi connectivity index (χ1) is 19.5. The first kappa shape index (κ1) is 30.6. The first-order valence-electron chi connectivity index (χ1n) is 14.0. The van der Waals surface area contributed by atoms with E-state index in [1.54, 1.807) is 23.8 Å². The Hall–Kier alpha value is -3.38. The van der Waals surface area contributed by atoms with Gasteiger partial charge in [0.2, 0.25) is 0 Å². The van der Waals surface area contributed by atoms with E-state index in [1.807, 2.05) is 6.92 Å². The largest absolute Gasteiger partial charge is 0.487 e. The van der Waals surface area contributed by atoms with E-state index in [2.05, 4.69) is 10.0 Å². The number of carbonyl (C=O) groups excluding carboxylic acids is 2. The van der Waals surface area contributed by atoms with Gasteiger partial charge in [-0.15, -0.1) is 0 Å². The van der Waals surface area contributed by atoms with E-state index in [-0.39, 0.29) is 59.6 Å². The predicted octanol–water partition coefficient (Wildman–Crippen LogP) is 3.82. The molecule has 1 fully saturated rings. The van der Waals surface area contributed by atoms with Gasteiger partial charge in [-0.2, -0.15) is 0 Å². The Morgan fingerprint density at radius 2 is 1.85 bits per heavy atom. The van der Waals surface area contributed by atoms with Gasteiger partial charge in [-0.05, 0) is 62.2 Å². The van der Waals surface area contributed by atoms with Gasteiger partial charge in [0.1, 0.15) is 17.7 Å². The molecule has 2 aromatic rings. The lowest BCUT2D eigenvalue weighted by atomic mass is 9.96. The third-order valence-corrected chi connectivity index (χ3v) is 9.17. The van der Waals surface area contributed by atoms with Gasteiger partial charge in [0, 0.05) is 31.2 Å². The molecule has 3 amide bonds. The van der Waals surface area contributed by atoms with Gasteiger partial charge in [-0.3, -0.25) is 9.52 Å². The summed E-state index contributed by atoms with van der Waals surface area (Å²) in [6.45, 7) is 3.91.